The Bertz CT molecular complexity index is 653. The Hall–Kier alpha value is -1.07. The molecule has 0 radical (unpaired) electrons. The summed E-state index contributed by atoms with van der Waals surface area (Å²) in [5, 5.41) is 0.949. The Balaban J connectivity index is 2.38. The quantitative estimate of drug-likeness (QED) is 0.826. The van der Waals surface area contributed by atoms with E-state index in [1.807, 2.05) is 30.0 Å². The van der Waals surface area contributed by atoms with Gasteiger partial charge in [-0.25, -0.2) is 0 Å². The largest absolute Gasteiger partial charge is 0.397 e. The molecule has 21 heavy (non-hydrogen) atoms. The Kier molecular flexibility index (Phi) is 5.27. The summed E-state index contributed by atoms with van der Waals surface area (Å²) in [5.41, 5.74) is 6.82. The molecule has 1 atom stereocenters. The van der Waals surface area contributed by atoms with Crippen LogP contribution in [-0.2, 0) is 0 Å². The summed E-state index contributed by atoms with van der Waals surface area (Å²) in [7, 11) is 0. The molecular formula is C16H21BrN2OS. The third-order valence-electron chi connectivity index (χ3n) is 3.79. The molecule has 3 nitrogen and oxygen atoms in total. The molecule has 1 aromatic heterocycles. The van der Waals surface area contributed by atoms with Gasteiger partial charge in [0.25, 0.3) is 5.91 Å². The lowest BCUT2D eigenvalue weighted by Crippen LogP contribution is -2.34. The topological polar surface area (TPSA) is 46.3 Å². The Labute approximate surface area is 138 Å². The molecule has 2 aromatic rings. The van der Waals surface area contributed by atoms with Gasteiger partial charge in [0.05, 0.1) is 5.69 Å². The highest BCUT2D eigenvalue weighted by molar-refractivity contribution is 9.10. The van der Waals surface area contributed by atoms with Crippen molar-refractivity contribution in [1.82, 2.24) is 4.90 Å². The fourth-order valence-electron chi connectivity index (χ4n) is 2.29. The van der Waals surface area contributed by atoms with Gasteiger partial charge < -0.3 is 10.6 Å². The van der Waals surface area contributed by atoms with E-state index in [-0.39, 0.29) is 5.91 Å². The normalized spacial score (nSPS) is 12.6. The summed E-state index contributed by atoms with van der Waals surface area (Å²) in [5.74, 6) is 0.541. The van der Waals surface area contributed by atoms with E-state index in [0.717, 1.165) is 27.5 Å². The van der Waals surface area contributed by atoms with E-state index >= 15 is 0 Å². The van der Waals surface area contributed by atoms with Crippen molar-refractivity contribution in [2.75, 3.05) is 18.8 Å². The molecule has 0 spiro atoms. The first-order valence-electron chi connectivity index (χ1n) is 7.25. The van der Waals surface area contributed by atoms with Crippen LogP contribution in [0.2, 0.25) is 0 Å². The smallest absolute Gasteiger partial charge is 0.266 e. The predicted molar refractivity (Wildman–Crippen MR) is 95.0 cm³/mol. The molecule has 114 valence electrons. The lowest BCUT2D eigenvalue weighted by atomic mass is 10.1. The van der Waals surface area contributed by atoms with Crippen LogP contribution in [0.4, 0.5) is 5.69 Å². The maximum Gasteiger partial charge on any atom is 0.266 e. The molecule has 0 aliphatic rings. The van der Waals surface area contributed by atoms with Crippen LogP contribution in [0.25, 0.3) is 10.1 Å². The van der Waals surface area contributed by atoms with Crippen molar-refractivity contribution in [1.29, 1.82) is 0 Å². The number of carbonyl (C=O) groups is 1. The predicted octanol–water partition coefficient (Wildman–Crippen LogP) is 4.75. The van der Waals surface area contributed by atoms with Gasteiger partial charge in [0.1, 0.15) is 4.88 Å². The van der Waals surface area contributed by atoms with Gasteiger partial charge in [0.15, 0.2) is 0 Å². The molecule has 0 aliphatic carbocycles. The summed E-state index contributed by atoms with van der Waals surface area (Å²) in [6.07, 6.45) is 1.07. The minimum Gasteiger partial charge on any atom is -0.397 e. The monoisotopic (exact) mass is 368 g/mol. The van der Waals surface area contributed by atoms with E-state index in [1.54, 1.807) is 0 Å². The van der Waals surface area contributed by atoms with Crippen molar-refractivity contribution in [3.8, 4) is 0 Å². The van der Waals surface area contributed by atoms with Crippen molar-refractivity contribution in [3.63, 3.8) is 0 Å². The minimum atomic E-state index is 0.0448. The average Bonchev–Trinajstić information content (AvgIpc) is 2.82. The molecule has 2 N–H and O–H groups in total. The number of nitrogen functional groups attached to an aromatic ring is 1. The minimum absolute atomic E-state index is 0.0448. The molecule has 0 saturated carbocycles. The SMILES string of the molecule is CCC(C)CN(CC)C(=O)c1sc2cccc(Br)c2c1N. The van der Waals surface area contributed by atoms with Gasteiger partial charge in [0.2, 0.25) is 0 Å². The van der Waals surface area contributed by atoms with E-state index in [2.05, 4.69) is 29.8 Å². The average molecular weight is 369 g/mol. The first-order chi connectivity index (χ1) is 9.99. The number of rotatable bonds is 5. The van der Waals surface area contributed by atoms with Crippen molar-refractivity contribution in [2.24, 2.45) is 5.92 Å². The molecule has 2 rings (SSSR count). The molecule has 5 heteroatoms. The molecular weight excluding hydrogens is 348 g/mol. The van der Waals surface area contributed by atoms with Crippen molar-refractivity contribution < 1.29 is 4.79 Å². The van der Waals surface area contributed by atoms with Crippen LogP contribution in [0.5, 0.6) is 0 Å². The molecule has 1 unspecified atom stereocenters. The second-order valence-corrected chi connectivity index (χ2v) is 7.22. The highest BCUT2D eigenvalue weighted by Crippen LogP contribution is 2.38. The fraction of sp³-hybridized carbons (Fsp3) is 0.438. The maximum absolute atomic E-state index is 12.8. The third kappa shape index (κ3) is 3.24. The number of fused-ring (bicyclic) bond motifs is 1. The van der Waals surface area contributed by atoms with Gasteiger partial charge in [-0.2, -0.15) is 0 Å². The maximum atomic E-state index is 12.8. The van der Waals surface area contributed by atoms with Crippen LogP contribution < -0.4 is 5.73 Å². The molecule has 0 saturated heterocycles. The zero-order valence-corrected chi connectivity index (χ0v) is 15.1. The van der Waals surface area contributed by atoms with Gasteiger partial charge in [-0.1, -0.05) is 42.3 Å². The van der Waals surface area contributed by atoms with Crippen molar-refractivity contribution in [3.05, 3.63) is 27.5 Å². The molecule has 0 bridgehead atoms. The number of hydrogen-bond acceptors (Lipinski definition) is 3. The van der Waals surface area contributed by atoms with Crippen LogP contribution in [0.3, 0.4) is 0 Å². The van der Waals surface area contributed by atoms with Crippen molar-refractivity contribution in [2.45, 2.75) is 27.2 Å². The molecule has 0 aliphatic heterocycles. The zero-order chi connectivity index (χ0) is 15.6. The number of nitrogens with zero attached hydrogens (tertiary/aromatic N) is 1. The number of nitrogens with two attached hydrogens (primary N) is 1. The van der Waals surface area contributed by atoms with Crippen LogP contribution >= 0.6 is 27.3 Å². The Morgan fingerprint density at radius 1 is 1.43 bits per heavy atom. The number of thiophene rings is 1. The van der Waals surface area contributed by atoms with Gasteiger partial charge in [-0.05, 0) is 25.0 Å². The van der Waals surface area contributed by atoms with Gasteiger partial charge >= 0.3 is 0 Å². The standard InChI is InChI=1S/C16H21BrN2OS/c1-4-10(3)9-19(5-2)16(20)15-14(18)13-11(17)7-6-8-12(13)21-15/h6-8,10H,4-5,9,18H2,1-3H3. The lowest BCUT2D eigenvalue weighted by Gasteiger charge is -2.23. The van der Waals surface area contributed by atoms with Crippen LogP contribution in [0, 0.1) is 5.92 Å². The summed E-state index contributed by atoms with van der Waals surface area (Å²) < 4.78 is 1.99. The number of anilines is 1. The van der Waals surface area contributed by atoms with E-state index in [0.29, 0.717) is 23.0 Å². The molecule has 1 amide bonds. The summed E-state index contributed by atoms with van der Waals surface area (Å²) >= 11 is 5.00. The third-order valence-corrected chi connectivity index (χ3v) is 5.61. The first kappa shape index (κ1) is 16.3. The Morgan fingerprint density at radius 3 is 2.71 bits per heavy atom. The van der Waals surface area contributed by atoms with E-state index in [9.17, 15) is 4.79 Å². The second-order valence-electron chi connectivity index (χ2n) is 5.32. The van der Waals surface area contributed by atoms with Crippen LogP contribution in [0.1, 0.15) is 36.9 Å². The number of halogens is 1. The van der Waals surface area contributed by atoms with Gasteiger partial charge in [-0.15, -0.1) is 11.3 Å². The second kappa shape index (κ2) is 6.79. The first-order valence-corrected chi connectivity index (χ1v) is 8.86. The van der Waals surface area contributed by atoms with E-state index in [1.165, 1.54) is 11.3 Å². The fourth-order valence-corrected chi connectivity index (χ4v) is 4.12. The van der Waals surface area contributed by atoms with E-state index < -0.39 is 0 Å². The van der Waals surface area contributed by atoms with Crippen LogP contribution in [0.15, 0.2) is 22.7 Å². The number of amides is 1. The summed E-state index contributed by atoms with van der Waals surface area (Å²) in [4.78, 5) is 15.3. The van der Waals surface area contributed by atoms with E-state index in [4.69, 9.17) is 5.73 Å². The van der Waals surface area contributed by atoms with Gasteiger partial charge in [0, 0.05) is 27.6 Å². The Morgan fingerprint density at radius 2 is 2.14 bits per heavy atom. The van der Waals surface area contributed by atoms with Crippen molar-refractivity contribution >= 4 is 48.9 Å². The van der Waals surface area contributed by atoms with Crippen LogP contribution in [-0.4, -0.2) is 23.9 Å². The lowest BCUT2D eigenvalue weighted by molar-refractivity contribution is 0.0747. The highest BCUT2D eigenvalue weighted by atomic mass is 79.9. The van der Waals surface area contributed by atoms with Gasteiger partial charge in [-0.3, -0.25) is 4.79 Å². The highest BCUT2D eigenvalue weighted by Gasteiger charge is 2.22. The molecule has 1 heterocycles. The molecule has 0 fully saturated rings. The number of benzene rings is 1. The number of hydrogen-bond donors (Lipinski definition) is 1. The molecule has 1 aromatic carbocycles. The summed E-state index contributed by atoms with van der Waals surface area (Å²) in [6.45, 7) is 7.81. The zero-order valence-electron chi connectivity index (χ0n) is 12.6. The summed E-state index contributed by atoms with van der Waals surface area (Å²) in [6, 6.07) is 5.92. The number of carbonyl (C=O) groups excluding carboxylic acids is 1.